The van der Waals surface area contributed by atoms with Crippen LogP contribution in [0.1, 0.15) is 25.8 Å². The quantitative estimate of drug-likeness (QED) is 0.879. The predicted octanol–water partition coefficient (Wildman–Crippen LogP) is 3.21. The molecule has 1 aliphatic carbocycles. The maximum atomic E-state index is 13.1. The van der Waals surface area contributed by atoms with E-state index in [4.69, 9.17) is 5.73 Å². The van der Waals surface area contributed by atoms with E-state index in [9.17, 15) is 4.39 Å². The summed E-state index contributed by atoms with van der Waals surface area (Å²) in [7, 11) is 0. The minimum absolute atomic E-state index is 0.0449. The van der Waals surface area contributed by atoms with E-state index >= 15 is 0 Å². The lowest BCUT2D eigenvalue weighted by Gasteiger charge is -2.19. The third-order valence-corrected chi connectivity index (χ3v) is 4.34. The van der Waals surface area contributed by atoms with Crippen LogP contribution in [0.15, 0.2) is 22.7 Å². The molecule has 15 heavy (non-hydrogen) atoms. The molecule has 82 valence electrons. The molecule has 1 aromatic rings. The fraction of sp³-hybridized carbons (Fsp3) is 0.500. The summed E-state index contributed by atoms with van der Waals surface area (Å²) in [5.74, 6) is -0.218. The SMILES string of the molecule is CC1(C)CC1(CN)c1ccc(F)c(Br)c1. The van der Waals surface area contributed by atoms with Crippen LogP contribution in [0.4, 0.5) is 4.39 Å². The standard InChI is InChI=1S/C12H15BrFN/c1-11(2)6-12(11,7-15)8-3-4-10(14)9(13)5-8/h3-5H,6-7,15H2,1-2H3. The zero-order valence-electron chi connectivity index (χ0n) is 8.98. The van der Waals surface area contributed by atoms with Gasteiger partial charge < -0.3 is 5.73 Å². The third-order valence-electron chi connectivity index (χ3n) is 3.73. The van der Waals surface area contributed by atoms with Crippen LogP contribution in [0, 0.1) is 11.2 Å². The molecule has 0 spiro atoms. The van der Waals surface area contributed by atoms with E-state index < -0.39 is 0 Å². The first-order valence-electron chi connectivity index (χ1n) is 5.08. The zero-order chi connectivity index (χ0) is 11.3. The molecule has 0 aromatic heterocycles. The van der Waals surface area contributed by atoms with Crippen molar-refractivity contribution in [3.05, 3.63) is 34.1 Å². The van der Waals surface area contributed by atoms with Gasteiger partial charge in [-0.1, -0.05) is 19.9 Å². The number of halogens is 2. The summed E-state index contributed by atoms with van der Waals surface area (Å²) in [6, 6.07) is 5.21. The molecule has 0 saturated heterocycles. The van der Waals surface area contributed by atoms with Crippen LogP contribution in [0.5, 0.6) is 0 Å². The van der Waals surface area contributed by atoms with Gasteiger partial charge in [0.05, 0.1) is 4.47 Å². The minimum atomic E-state index is -0.218. The van der Waals surface area contributed by atoms with Crippen molar-refractivity contribution < 1.29 is 4.39 Å². The molecule has 2 N–H and O–H groups in total. The smallest absolute Gasteiger partial charge is 0.137 e. The second-order valence-electron chi connectivity index (χ2n) is 4.98. The van der Waals surface area contributed by atoms with E-state index in [0.29, 0.717) is 11.0 Å². The first-order valence-corrected chi connectivity index (χ1v) is 5.88. The third kappa shape index (κ3) is 1.53. The monoisotopic (exact) mass is 271 g/mol. The molecule has 0 amide bonds. The zero-order valence-corrected chi connectivity index (χ0v) is 10.6. The van der Waals surface area contributed by atoms with E-state index in [2.05, 4.69) is 29.8 Å². The Hall–Kier alpha value is -0.410. The Morgan fingerprint density at radius 1 is 1.47 bits per heavy atom. The van der Waals surface area contributed by atoms with Gasteiger partial charge in [-0.2, -0.15) is 0 Å². The highest BCUT2D eigenvalue weighted by atomic mass is 79.9. The molecule has 1 unspecified atom stereocenters. The highest BCUT2D eigenvalue weighted by molar-refractivity contribution is 9.10. The van der Waals surface area contributed by atoms with Crippen LogP contribution in [0.3, 0.4) is 0 Å². The van der Waals surface area contributed by atoms with Gasteiger partial charge in [-0.15, -0.1) is 0 Å². The number of nitrogens with two attached hydrogens (primary N) is 1. The average molecular weight is 272 g/mol. The lowest BCUT2D eigenvalue weighted by molar-refractivity contribution is 0.501. The van der Waals surface area contributed by atoms with Crippen molar-refractivity contribution in [1.29, 1.82) is 0 Å². The second kappa shape index (κ2) is 3.29. The molecule has 1 fully saturated rings. The van der Waals surface area contributed by atoms with Crippen molar-refractivity contribution in [2.45, 2.75) is 25.7 Å². The number of rotatable bonds is 2. The molecule has 0 bridgehead atoms. The largest absolute Gasteiger partial charge is 0.330 e. The molecule has 1 aromatic carbocycles. The maximum Gasteiger partial charge on any atom is 0.137 e. The summed E-state index contributed by atoms with van der Waals surface area (Å²) in [6.07, 6.45) is 1.08. The molecule has 0 radical (unpaired) electrons. The van der Waals surface area contributed by atoms with Crippen molar-refractivity contribution in [1.82, 2.24) is 0 Å². The van der Waals surface area contributed by atoms with E-state index in [1.54, 1.807) is 0 Å². The number of hydrogen-bond donors (Lipinski definition) is 1. The molecular formula is C12H15BrFN. The lowest BCUT2D eigenvalue weighted by Crippen LogP contribution is -2.25. The van der Waals surface area contributed by atoms with Crippen LogP contribution in [-0.4, -0.2) is 6.54 Å². The van der Waals surface area contributed by atoms with Gasteiger partial charge >= 0.3 is 0 Å². The summed E-state index contributed by atoms with van der Waals surface area (Å²) in [4.78, 5) is 0. The Labute approximate surface area is 98.0 Å². The Morgan fingerprint density at radius 2 is 2.07 bits per heavy atom. The molecule has 0 heterocycles. The lowest BCUT2D eigenvalue weighted by atomic mass is 9.88. The van der Waals surface area contributed by atoms with Gasteiger partial charge in [-0.05, 0) is 45.5 Å². The van der Waals surface area contributed by atoms with Gasteiger partial charge in [0, 0.05) is 12.0 Å². The van der Waals surface area contributed by atoms with Gasteiger partial charge in [0.25, 0.3) is 0 Å². The summed E-state index contributed by atoms with van der Waals surface area (Å²) in [5, 5.41) is 0. The summed E-state index contributed by atoms with van der Waals surface area (Å²) in [6.45, 7) is 5.03. The van der Waals surface area contributed by atoms with E-state index in [0.717, 1.165) is 12.0 Å². The Kier molecular flexibility index (Phi) is 2.43. The topological polar surface area (TPSA) is 26.0 Å². The van der Waals surface area contributed by atoms with Crippen molar-refractivity contribution in [2.24, 2.45) is 11.1 Å². The van der Waals surface area contributed by atoms with Crippen LogP contribution in [0.25, 0.3) is 0 Å². The summed E-state index contributed by atoms with van der Waals surface area (Å²) >= 11 is 3.22. The number of hydrogen-bond acceptors (Lipinski definition) is 1. The van der Waals surface area contributed by atoms with Gasteiger partial charge in [0.15, 0.2) is 0 Å². The highest BCUT2D eigenvalue weighted by Crippen LogP contribution is 2.63. The van der Waals surface area contributed by atoms with Crippen molar-refractivity contribution in [3.8, 4) is 0 Å². The summed E-state index contributed by atoms with van der Waals surface area (Å²) < 4.78 is 13.6. The van der Waals surface area contributed by atoms with Crippen LogP contribution >= 0.6 is 15.9 Å². The highest BCUT2D eigenvalue weighted by Gasteiger charge is 2.60. The minimum Gasteiger partial charge on any atom is -0.330 e. The molecule has 0 aliphatic heterocycles. The Bertz CT molecular complexity index is 403. The first-order chi connectivity index (χ1) is 6.93. The van der Waals surface area contributed by atoms with E-state index in [-0.39, 0.29) is 16.6 Å². The molecule has 1 saturated carbocycles. The Balaban J connectivity index is 2.42. The first kappa shape index (κ1) is 11.1. The normalized spacial score (nSPS) is 27.8. The van der Waals surface area contributed by atoms with E-state index in [1.807, 2.05) is 12.1 Å². The van der Waals surface area contributed by atoms with Crippen LogP contribution < -0.4 is 5.73 Å². The van der Waals surface area contributed by atoms with Crippen molar-refractivity contribution >= 4 is 15.9 Å². The van der Waals surface area contributed by atoms with Crippen LogP contribution in [0.2, 0.25) is 0 Å². The molecule has 1 aliphatic rings. The molecule has 1 atom stereocenters. The van der Waals surface area contributed by atoms with Crippen LogP contribution in [-0.2, 0) is 5.41 Å². The van der Waals surface area contributed by atoms with Gasteiger partial charge in [0.1, 0.15) is 5.82 Å². The predicted molar refractivity (Wildman–Crippen MR) is 63.2 cm³/mol. The molecular weight excluding hydrogens is 257 g/mol. The summed E-state index contributed by atoms with van der Waals surface area (Å²) in [5.41, 5.74) is 7.28. The molecule has 1 nitrogen and oxygen atoms in total. The molecule has 2 rings (SSSR count). The average Bonchev–Trinajstić information content (AvgIpc) is 2.75. The van der Waals surface area contributed by atoms with E-state index in [1.165, 1.54) is 6.07 Å². The fourth-order valence-electron chi connectivity index (χ4n) is 2.46. The van der Waals surface area contributed by atoms with Crippen molar-refractivity contribution in [2.75, 3.05) is 6.54 Å². The second-order valence-corrected chi connectivity index (χ2v) is 5.83. The molecule has 3 heteroatoms. The number of benzene rings is 1. The van der Waals surface area contributed by atoms with Crippen molar-refractivity contribution in [3.63, 3.8) is 0 Å². The fourth-order valence-corrected chi connectivity index (χ4v) is 2.84. The van der Waals surface area contributed by atoms with Gasteiger partial charge in [0.2, 0.25) is 0 Å². The Morgan fingerprint density at radius 3 is 2.47 bits per heavy atom. The van der Waals surface area contributed by atoms with Gasteiger partial charge in [-0.25, -0.2) is 4.39 Å². The van der Waals surface area contributed by atoms with Gasteiger partial charge in [-0.3, -0.25) is 0 Å². The maximum absolute atomic E-state index is 13.1.